The highest BCUT2D eigenvalue weighted by Gasteiger charge is 2.14. The molecule has 0 bridgehead atoms. The monoisotopic (exact) mass is 396 g/mol. The molecule has 3 rings (SSSR count). The number of furan rings is 1. The first-order valence-electron chi connectivity index (χ1n) is 8.44. The number of anilines is 1. The van der Waals surface area contributed by atoms with E-state index in [1.165, 1.54) is 24.3 Å². The van der Waals surface area contributed by atoms with Crippen molar-refractivity contribution in [3.63, 3.8) is 0 Å². The highest BCUT2D eigenvalue weighted by atomic mass is 35.5. The molecule has 0 saturated carbocycles. The molecule has 0 unspecified atom stereocenters. The topological polar surface area (TPSA) is 85.4 Å². The Morgan fingerprint density at radius 1 is 1.18 bits per heavy atom. The Morgan fingerprint density at radius 3 is 2.68 bits per heavy atom. The molecule has 142 valence electrons. The van der Waals surface area contributed by atoms with Crippen molar-refractivity contribution in [1.82, 2.24) is 0 Å². The molecule has 1 amide bonds. The fourth-order valence-corrected chi connectivity index (χ4v) is 2.81. The molecule has 2 aromatic carbocycles. The largest absolute Gasteiger partial charge is 0.457 e. The Hall–Kier alpha value is -3.38. The summed E-state index contributed by atoms with van der Waals surface area (Å²) in [5.74, 6) is 0.717. The van der Waals surface area contributed by atoms with Crippen LogP contribution in [0.2, 0.25) is 5.02 Å². The van der Waals surface area contributed by atoms with E-state index in [0.717, 1.165) is 11.1 Å². The van der Waals surface area contributed by atoms with Crippen LogP contribution < -0.4 is 5.32 Å². The summed E-state index contributed by atoms with van der Waals surface area (Å²) in [5.41, 5.74) is 2.55. The molecule has 1 heterocycles. The van der Waals surface area contributed by atoms with Gasteiger partial charge in [-0.05, 0) is 49.8 Å². The molecule has 1 aromatic heterocycles. The molecule has 3 aromatic rings. The van der Waals surface area contributed by atoms with Gasteiger partial charge in [0.05, 0.1) is 16.2 Å². The van der Waals surface area contributed by atoms with Crippen molar-refractivity contribution >= 4 is 35.0 Å². The van der Waals surface area contributed by atoms with Gasteiger partial charge in [0.15, 0.2) is 0 Å². The van der Waals surface area contributed by atoms with Gasteiger partial charge < -0.3 is 9.73 Å². The summed E-state index contributed by atoms with van der Waals surface area (Å²) in [6.07, 6.45) is 2.84. The minimum Gasteiger partial charge on any atom is -0.457 e. The summed E-state index contributed by atoms with van der Waals surface area (Å²) in [6.45, 7) is 3.51. The maximum atomic E-state index is 12.2. The van der Waals surface area contributed by atoms with E-state index < -0.39 is 10.8 Å². The number of nitrogens with zero attached hydrogens (tertiary/aromatic N) is 1. The van der Waals surface area contributed by atoms with Crippen molar-refractivity contribution in [3.8, 4) is 11.3 Å². The Morgan fingerprint density at radius 2 is 1.96 bits per heavy atom. The van der Waals surface area contributed by atoms with Gasteiger partial charge in [-0.1, -0.05) is 29.8 Å². The lowest BCUT2D eigenvalue weighted by atomic mass is 10.1. The number of amides is 1. The van der Waals surface area contributed by atoms with E-state index in [9.17, 15) is 14.9 Å². The lowest BCUT2D eigenvalue weighted by Gasteiger charge is -2.06. The average molecular weight is 397 g/mol. The van der Waals surface area contributed by atoms with Gasteiger partial charge in [-0.3, -0.25) is 14.9 Å². The lowest BCUT2D eigenvalue weighted by Crippen LogP contribution is -2.09. The number of rotatable bonds is 5. The quantitative estimate of drug-likeness (QED) is 0.336. The third-order valence-electron chi connectivity index (χ3n) is 4.24. The number of halogens is 1. The zero-order chi connectivity index (χ0) is 20.3. The lowest BCUT2D eigenvalue weighted by molar-refractivity contribution is -0.385. The van der Waals surface area contributed by atoms with Crippen molar-refractivity contribution in [2.45, 2.75) is 13.8 Å². The number of nitrogens with one attached hydrogen (secondary N) is 1. The third kappa shape index (κ3) is 4.29. The number of hydrogen-bond donors (Lipinski definition) is 1. The second kappa shape index (κ2) is 8.10. The second-order valence-corrected chi connectivity index (χ2v) is 6.60. The molecule has 1 N–H and O–H groups in total. The minimum atomic E-state index is -0.484. The Bertz CT molecular complexity index is 1090. The van der Waals surface area contributed by atoms with E-state index in [1.807, 2.05) is 25.1 Å². The molecule has 0 aliphatic rings. The minimum absolute atomic E-state index is 0.0470. The first kappa shape index (κ1) is 19.4. The van der Waals surface area contributed by atoms with Gasteiger partial charge in [-0.25, -0.2) is 0 Å². The van der Waals surface area contributed by atoms with Crippen LogP contribution in [0, 0.1) is 24.0 Å². The Labute approximate surface area is 166 Å². The standard InChI is InChI=1S/C21H17ClN2O4/c1-13-6-7-15(12-17(13)22)20-10-8-16(28-20)9-11-21(25)23-18-4-3-5-19(14(18)2)24(26)27/h3-12H,1-2H3,(H,23,25)/b11-9+. The van der Waals surface area contributed by atoms with Crippen LogP contribution >= 0.6 is 11.6 Å². The SMILES string of the molecule is Cc1ccc(-c2ccc(/C=C/C(=O)Nc3cccc([N+](=O)[O-])c3C)o2)cc1Cl. The van der Waals surface area contributed by atoms with Gasteiger partial charge in [-0.2, -0.15) is 0 Å². The smallest absolute Gasteiger partial charge is 0.274 e. The Kier molecular flexibility index (Phi) is 5.61. The van der Waals surface area contributed by atoms with Crippen LogP contribution in [-0.4, -0.2) is 10.8 Å². The van der Waals surface area contributed by atoms with Gasteiger partial charge in [0.25, 0.3) is 5.69 Å². The number of carbonyl (C=O) groups is 1. The number of nitro benzene ring substituents is 1. The van der Waals surface area contributed by atoms with Crippen molar-refractivity contribution < 1.29 is 14.1 Å². The molecule has 0 aliphatic heterocycles. The normalized spacial score (nSPS) is 11.0. The fourth-order valence-electron chi connectivity index (χ4n) is 2.63. The molecule has 6 nitrogen and oxygen atoms in total. The van der Waals surface area contributed by atoms with E-state index >= 15 is 0 Å². The van der Waals surface area contributed by atoms with Crippen LogP contribution in [0.5, 0.6) is 0 Å². The van der Waals surface area contributed by atoms with E-state index in [4.69, 9.17) is 16.0 Å². The molecular weight excluding hydrogens is 380 g/mol. The number of hydrogen-bond acceptors (Lipinski definition) is 4. The summed E-state index contributed by atoms with van der Waals surface area (Å²) in [4.78, 5) is 22.7. The van der Waals surface area contributed by atoms with Crippen molar-refractivity contribution in [3.05, 3.63) is 86.6 Å². The van der Waals surface area contributed by atoms with Gasteiger partial charge in [0.2, 0.25) is 5.91 Å². The first-order valence-corrected chi connectivity index (χ1v) is 8.82. The van der Waals surface area contributed by atoms with Gasteiger partial charge in [0.1, 0.15) is 11.5 Å². The van der Waals surface area contributed by atoms with Gasteiger partial charge >= 0.3 is 0 Å². The summed E-state index contributed by atoms with van der Waals surface area (Å²) >= 11 is 6.14. The van der Waals surface area contributed by atoms with E-state index in [2.05, 4.69) is 5.32 Å². The van der Waals surface area contributed by atoms with Crippen molar-refractivity contribution in [2.75, 3.05) is 5.32 Å². The predicted molar refractivity (Wildman–Crippen MR) is 109 cm³/mol. The fraction of sp³-hybridized carbons (Fsp3) is 0.0952. The summed E-state index contributed by atoms with van der Waals surface area (Å²) < 4.78 is 5.72. The number of nitro groups is 1. The summed E-state index contributed by atoms with van der Waals surface area (Å²) in [7, 11) is 0. The zero-order valence-electron chi connectivity index (χ0n) is 15.2. The van der Waals surface area contributed by atoms with Crippen molar-refractivity contribution in [1.29, 1.82) is 0 Å². The number of benzene rings is 2. The maximum Gasteiger partial charge on any atom is 0.274 e. The molecule has 0 radical (unpaired) electrons. The average Bonchev–Trinajstić information content (AvgIpc) is 3.13. The van der Waals surface area contributed by atoms with Crippen molar-refractivity contribution in [2.24, 2.45) is 0 Å². The molecule has 0 aliphatic carbocycles. The molecular formula is C21H17ClN2O4. The molecule has 28 heavy (non-hydrogen) atoms. The number of carbonyl (C=O) groups excluding carboxylic acids is 1. The second-order valence-electron chi connectivity index (χ2n) is 6.20. The van der Waals surface area contributed by atoms with Gasteiger partial charge in [-0.15, -0.1) is 0 Å². The molecule has 7 heteroatoms. The Balaban J connectivity index is 1.72. The van der Waals surface area contributed by atoms with Crippen LogP contribution in [-0.2, 0) is 4.79 Å². The van der Waals surface area contributed by atoms with Crippen LogP contribution in [0.4, 0.5) is 11.4 Å². The van der Waals surface area contributed by atoms with Crippen LogP contribution in [0.3, 0.4) is 0 Å². The molecule has 0 spiro atoms. The van der Waals surface area contributed by atoms with E-state index in [0.29, 0.717) is 27.8 Å². The number of aryl methyl sites for hydroxylation is 1. The van der Waals surface area contributed by atoms with Crippen LogP contribution in [0.1, 0.15) is 16.9 Å². The maximum absolute atomic E-state index is 12.2. The van der Waals surface area contributed by atoms with Gasteiger partial charge in [0, 0.05) is 22.7 Å². The predicted octanol–water partition coefficient (Wildman–Crippen LogP) is 5.78. The van der Waals surface area contributed by atoms with E-state index in [-0.39, 0.29) is 5.69 Å². The van der Waals surface area contributed by atoms with Crippen LogP contribution in [0.15, 0.2) is 59.0 Å². The molecule has 0 saturated heterocycles. The highest BCUT2D eigenvalue weighted by Crippen LogP contribution is 2.28. The van der Waals surface area contributed by atoms with Crippen LogP contribution in [0.25, 0.3) is 17.4 Å². The molecule has 0 atom stereocenters. The summed E-state index contributed by atoms with van der Waals surface area (Å²) in [5, 5.41) is 14.3. The third-order valence-corrected chi connectivity index (χ3v) is 4.65. The molecule has 0 fully saturated rings. The van der Waals surface area contributed by atoms with E-state index in [1.54, 1.807) is 25.1 Å². The zero-order valence-corrected chi connectivity index (χ0v) is 16.0. The summed E-state index contributed by atoms with van der Waals surface area (Å²) in [6, 6.07) is 13.7. The highest BCUT2D eigenvalue weighted by molar-refractivity contribution is 6.31. The first-order chi connectivity index (χ1) is 13.3.